The molecule has 6 heteroatoms. The van der Waals surface area contributed by atoms with Crippen LogP contribution in [-0.4, -0.2) is 41.4 Å². The van der Waals surface area contributed by atoms with Gasteiger partial charge in [-0.3, -0.25) is 14.5 Å². The maximum absolute atomic E-state index is 12.8. The van der Waals surface area contributed by atoms with Gasteiger partial charge >= 0.3 is 0 Å². The third kappa shape index (κ3) is 7.49. The number of nitrogens with one attached hydrogen (secondary N) is 1. The van der Waals surface area contributed by atoms with Crippen molar-refractivity contribution in [2.24, 2.45) is 17.6 Å². The Morgan fingerprint density at radius 2 is 1.65 bits per heavy atom. The van der Waals surface area contributed by atoms with Gasteiger partial charge in [0.2, 0.25) is 11.8 Å². The fourth-order valence-corrected chi connectivity index (χ4v) is 6.12. The fraction of sp³-hybridized carbons (Fsp3) is 0.880. The molecule has 174 valence electrons. The summed E-state index contributed by atoms with van der Waals surface area (Å²) in [7, 11) is 0. The molecule has 31 heavy (non-hydrogen) atoms. The van der Waals surface area contributed by atoms with Crippen LogP contribution in [0.15, 0.2) is 0 Å². The molecule has 2 unspecified atom stereocenters. The van der Waals surface area contributed by atoms with E-state index in [9.17, 15) is 14.9 Å². The number of likely N-dealkylation sites (tertiary alicyclic amines) is 1. The Hall–Kier alpha value is -1.61. The van der Waals surface area contributed by atoms with Gasteiger partial charge in [0.05, 0.1) is 6.07 Å². The van der Waals surface area contributed by atoms with Crippen LogP contribution in [0.25, 0.3) is 0 Å². The zero-order chi connectivity index (χ0) is 22.1. The smallest absolute Gasteiger partial charge is 0.221 e. The first-order chi connectivity index (χ1) is 15.0. The lowest BCUT2D eigenvalue weighted by Crippen LogP contribution is -2.58. The average molecular weight is 431 g/mol. The number of carbonyl (C=O) groups excluding carboxylic acids is 2. The van der Waals surface area contributed by atoms with Crippen molar-refractivity contribution in [2.45, 2.75) is 114 Å². The van der Waals surface area contributed by atoms with Gasteiger partial charge in [0.1, 0.15) is 5.54 Å². The molecule has 0 aromatic carbocycles. The molecule has 2 saturated carbocycles. The summed E-state index contributed by atoms with van der Waals surface area (Å²) in [4.78, 5) is 26.5. The predicted octanol–water partition coefficient (Wildman–Crippen LogP) is 4.04. The molecule has 2 atom stereocenters. The third-order valence-corrected chi connectivity index (χ3v) is 8.00. The molecule has 1 aliphatic heterocycles. The van der Waals surface area contributed by atoms with Crippen LogP contribution in [0.4, 0.5) is 0 Å². The van der Waals surface area contributed by atoms with Gasteiger partial charge in [0.15, 0.2) is 0 Å². The number of nitrogens with zero attached hydrogens (tertiary/aromatic N) is 2. The number of primary amides is 1. The van der Waals surface area contributed by atoms with Gasteiger partial charge in [-0.2, -0.15) is 5.26 Å². The molecule has 1 saturated heterocycles. The van der Waals surface area contributed by atoms with Crippen molar-refractivity contribution < 1.29 is 9.59 Å². The Labute approximate surface area is 188 Å². The summed E-state index contributed by atoms with van der Waals surface area (Å²) in [5.74, 6) is 1.12. The van der Waals surface area contributed by atoms with E-state index in [1.54, 1.807) is 0 Å². The minimum Gasteiger partial charge on any atom is -0.370 e. The van der Waals surface area contributed by atoms with Crippen LogP contribution in [0.5, 0.6) is 0 Å². The highest BCUT2D eigenvalue weighted by molar-refractivity contribution is 5.77. The molecule has 1 heterocycles. The second kappa shape index (κ2) is 11.9. The van der Waals surface area contributed by atoms with Crippen molar-refractivity contribution in [2.75, 3.05) is 13.1 Å². The molecule has 2 aliphatic carbocycles. The Morgan fingerprint density at radius 1 is 1.00 bits per heavy atom. The van der Waals surface area contributed by atoms with E-state index in [1.165, 1.54) is 64.2 Å². The van der Waals surface area contributed by atoms with E-state index in [4.69, 9.17) is 5.73 Å². The van der Waals surface area contributed by atoms with Crippen molar-refractivity contribution in [1.82, 2.24) is 10.2 Å². The molecular formula is C25H42N4O2. The lowest BCUT2D eigenvalue weighted by molar-refractivity contribution is -0.123. The van der Waals surface area contributed by atoms with E-state index in [1.807, 2.05) is 0 Å². The number of nitriles is 1. The molecule has 2 amide bonds. The summed E-state index contributed by atoms with van der Waals surface area (Å²) in [6, 6.07) is 2.72. The molecule has 6 nitrogen and oxygen atoms in total. The highest BCUT2D eigenvalue weighted by atomic mass is 16.2. The Bertz CT molecular complexity index is 634. The number of hydrogen-bond donors (Lipinski definition) is 2. The van der Waals surface area contributed by atoms with Crippen molar-refractivity contribution in [3.8, 4) is 6.07 Å². The molecule has 3 fully saturated rings. The minimum absolute atomic E-state index is 0.0362. The number of hydrogen-bond acceptors (Lipinski definition) is 4. The Kier molecular flexibility index (Phi) is 9.19. The number of nitrogens with two attached hydrogens (primary N) is 1. The van der Waals surface area contributed by atoms with Crippen LogP contribution in [0.3, 0.4) is 0 Å². The highest BCUT2D eigenvalue weighted by Gasteiger charge is 2.42. The van der Waals surface area contributed by atoms with E-state index in [2.05, 4.69) is 16.3 Å². The van der Waals surface area contributed by atoms with E-state index >= 15 is 0 Å². The van der Waals surface area contributed by atoms with Gasteiger partial charge in [-0.15, -0.1) is 0 Å². The van der Waals surface area contributed by atoms with Crippen molar-refractivity contribution >= 4 is 11.8 Å². The first-order valence-corrected chi connectivity index (χ1v) is 12.7. The second-order valence-electron chi connectivity index (χ2n) is 10.4. The molecule has 0 radical (unpaired) electrons. The largest absolute Gasteiger partial charge is 0.370 e. The molecule has 3 N–H and O–H groups in total. The minimum atomic E-state index is -0.772. The number of amides is 2. The van der Waals surface area contributed by atoms with Crippen LogP contribution >= 0.6 is 0 Å². The van der Waals surface area contributed by atoms with Gasteiger partial charge in [-0.1, -0.05) is 64.2 Å². The van der Waals surface area contributed by atoms with Gasteiger partial charge < -0.3 is 11.1 Å². The van der Waals surface area contributed by atoms with Crippen LogP contribution < -0.4 is 11.1 Å². The molecule has 3 aliphatic rings. The third-order valence-electron chi connectivity index (χ3n) is 8.00. The van der Waals surface area contributed by atoms with Crippen LogP contribution in [0.2, 0.25) is 0 Å². The summed E-state index contributed by atoms with van der Waals surface area (Å²) in [5.41, 5.74) is 4.63. The van der Waals surface area contributed by atoms with Gasteiger partial charge in [0.25, 0.3) is 0 Å². The summed E-state index contributed by atoms with van der Waals surface area (Å²) in [5, 5.41) is 13.2. The predicted molar refractivity (Wildman–Crippen MR) is 122 cm³/mol. The topological polar surface area (TPSA) is 99.2 Å². The first kappa shape index (κ1) is 24.0. The SMILES string of the molecule is N#CC1(NC(=O)CCC2CCCCC2)CCN(CCC(N)=O)C(CC2CCCCC2)C1. The van der Waals surface area contributed by atoms with Gasteiger partial charge in [-0.25, -0.2) is 0 Å². The maximum Gasteiger partial charge on any atom is 0.221 e. The van der Waals surface area contributed by atoms with E-state index in [-0.39, 0.29) is 17.9 Å². The van der Waals surface area contributed by atoms with Crippen molar-refractivity contribution in [3.05, 3.63) is 0 Å². The maximum atomic E-state index is 12.8. The molecule has 3 rings (SSSR count). The number of rotatable bonds is 9. The van der Waals surface area contributed by atoms with E-state index in [0.717, 1.165) is 19.4 Å². The zero-order valence-corrected chi connectivity index (χ0v) is 19.2. The number of carbonyl (C=O) groups is 2. The van der Waals surface area contributed by atoms with Gasteiger partial charge in [-0.05, 0) is 37.5 Å². The summed E-state index contributed by atoms with van der Waals surface area (Å²) in [6.07, 6.45) is 17.0. The van der Waals surface area contributed by atoms with E-state index in [0.29, 0.717) is 44.1 Å². The lowest BCUT2D eigenvalue weighted by Gasteiger charge is -2.45. The lowest BCUT2D eigenvalue weighted by atomic mass is 9.77. The molecule has 0 bridgehead atoms. The molecular weight excluding hydrogens is 388 g/mol. The molecule has 0 aromatic rings. The van der Waals surface area contributed by atoms with Crippen molar-refractivity contribution in [3.63, 3.8) is 0 Å². The monoisotopic (exact) mass is 430 g/mol. The van der Waals surface area contributed by atoms with Gasteiger partial charge in [0, 0.05) is 32.0 Å². The summed E-state index contributed by atoms with van der Waals surface area (Å²) < 4.78 is 0. The zero-order valence-electron chi connectivity index (χ0n) is 19.2. The average Bonchev–Trinajstić information content (AvgIpc) is 2.78. The highest BCUT2D eigenvalue weighted by Crippen LogP contribution is 2.35. The first-order valence-electron chi connectivity index (χ1n) is 12.7. The Balaban J connectivity index is 1.58. The second-order valence-corrected chi connectivity index (χ2v) is 10.4. The van der Waals surface area contributed by atoms with Crippen LogP contribution in [0, 0.1) is 23.2 Å². The van der Waals surface area contributed by atoms with Crippen LogP contribution in [-0.2, 0) is 9.59 Å². The summed E-state index contributed by atoms with van der Waals surface area (Å²) >= 11 is 0. The molecule has 0 aromatic heterocycles. The number of piperidine rings is 1. The summed E-state index contributed by atoms with van der Waals surface area (Å²) in [6.45, 7) is 1.39. The molecule has 0 spiro atoms. The van der Waals surface area contributed by atoms with Crippen LogP contribution in [0.1, 0.15) is 103 Å². The quantitative estimate of drug-likeness (QED) is 0.577. The Morgan fingerprint density at radius 3 is 2.26 bits per heavy atom. The van der Waals surface area contributed by atoms with Crippen molar-refractivity contribution in [1.29, 1.82) is 5.26 Å². The normalized spacial score (nSPS) is 28.7. The standard InChI is InChI=1S/C25H42N4O2/c26-19-25(28-24(31)12-11-20-7-3-1-4-8-20)14-16-29(15-13-23(27)30)22(18-25)17-21-9-5-2-6-10-21/h20-22H,1-18H2,(H2,27,30)(H,28,31). The van der Waals surface area contributed by atoms with E-state index < -0.39 is 5.54 Å². The fourth-order valence-electron chi connectivity index (χ4n) is 6.12.